The fourth-order valence-corrected chi connectivity index (χ4v) is 4.21. The highest BCUT2D eigenvalue weighted by Crippen LogP contribution is 2.49. The zero-order valence-electron chi connectivity index (χ0n) is 21.8. The molecule has 0 amide bonds. The molecule has 1 aromatic carbocycles. The van der Waals surface area contributed by atoms with E-state index in [1.165, 1.54) is 7.11 Å². The van der Waals surface area contributed by atoms with Crippen LogP contribution >= 0.6 is 0 Å². The van der Waals surface area contributed by atoms with Crippen molar-refractivity contribution in [3.05, 3.63) is 87.2 Å². The average Bonchev–Trinajstić information content (AvgIpc) is 2.82. The van der Waals surface area contributed by atoms with Crippen LogP contribution in [0.1, 0.15) is 66.4 Å². The molecule has 0 saturated carbocycles. The van der Waals surface area contributed by atoms with Gasteiger partial charge in [-0.25, -0.2) is 0 Å². The Bertz CT molecular complexity index is 1150. The van der Waals surface area contributed by atoms with E-state index in [1.54, 1.807) is 30.3 Å². The van der Waals surface area contributed by atoms with Crippen LogP contribution < -0.4 is 0 Å². The highest BCUT2D eigenvalue weighted by molar-refractivity contribution is 6.34. The number of ether oxygens (including phenoxy) is 1. The maximum Gasteiger partial charge on any atom is 0.200 e. The minimum absolute atomic E-state index is 0.0573. The summed E-state index contributed by atoms with van der Waals surface area (Å²) in [7, 11) is 1.45. The van der Waals surface area contributed by atoms with Crippen molar-refractivity contribution >= 4 is 23.6 Å². The van der Waals surface area contributed by atoms with Crippen LogP contribution in [0.2, 0.25) is 0 Å². The Balaban J connectivity index is 3.02. The fourth-order valence-electron chi connectivity index (χ4n) is 4.21. The first-order valence-electron chi connectivity index (χ1n) is 11.7. The van der Waals surface area contributed by atoms with Gasteiger partial charge in [0.1, 0.15) is 23.4 Å². The molecule has 5 nitrogen and oxygen atoms in total. The van der Waals surface area contributed by atoms with Crippen molar-refractivity contribution in [3.8, 4) is 0 Å². The van der Waals surface area contributed by atoms with Gasteiger partial charge in [0.2, 0.25) is 0 Å². The van der Waals surface area contributed by atoms with Crippen LogP contribution in [-0.4, -0.2) is 30.1 Å². The molecule has 0 aromatic heterocycles. The minimum Gasteiger partial charge on any atom is -0.506 e. The quantitative estimate of drug-likeness (QED) is 0.142. The summed E-state index contributed by atoms with van der Waals surface area (Å²) in [6, 6.07) is 8.56. The van der Waals surface area contributed by atoms with E-state index in [0.29, 0.717) is 16.7 Å². The molecule has 5 heteroatoms. The van der Waals surface area contributed by atoms with Gasteiger partial charge in [0.15, 0.2) is 11.6 Å². The largest absolute Gasteiger partial charge is 0.506 e. The van der Waals surface area contributed by atoms with Gasteiger partial charge in [0.25, 0.3) is 0 Å². The van der Waals surface area contributed by atoms with E-state index in [9.17, 15) is 19.5 Å². The molecule has 0 bridgehead atoms. The van der Waals surface area contributed by atoms with Gasteiger partial charge in [-0.05, 0) is 66.4 Å². The lowest BCUT2D eigenvalue weighted by Crippen LogP contribution is -2.43. The molecule has 0 heterocycles. The third kappa shape index (κ3) is 5.97. The lowest BCUT2D eigenvalue weighted by molar-refractivity contribution is -0.129. The van der Waals surface area contributed by atoms with E-state index in [0.717, 1.165) is 23.0 Å². The Kier molecular flexibility index (Phi) is 9.35. The third-order valence-corrected chi connectivity index (χ3v) is 6.21. The maximum atomic E-state index is 14.3. The molecule has 0 aliphatic heterocycles. The summed E-state index contributed by atoms with van der Waals surface area (Å²) in [6.45, 7) is 11.3. The number of hydrogen-bond acceptors (Lipinski definition) is 5. The first kappa shape index (κ1) is 27.8. The van der Waals surface area contributed by atoms with Crippen molar-refractivity contribution in [1.82, 2.24) is 0 Å². The van der Waals surface area contributed by atoms with Gasteiger partial charge in [-0.15, -0.1) is 0 Å². The summed E-state index contributed by atoms with van der Waals surface area (Å²) in [5.74, 6) is -1.20. The number of carbonyl (C=O) groups is 3. The molecule has 0 fully saturated rings. The Morgan fingerprint density at radius 2 is 1.57 bits per heavy atom. The SMILES string of the molecule is COC1=C(CC=C(C)C)C(=O)/C(=C(/O)c2ccccc2)C(=O)C1(CC=C(C)C)CC(C=O)=C(C)C. The van der Waals surface area contributed by atoms with E-state index in [2.05, 4.69) is 0 Å². The van der Waals surface area contributed by atoms with Gasteiger partial charge in [0, 0.05) is 11.1 Å². The second-order valence-electron chi connectivity index (χ2n) is 9.63. The fraction of sp³-hybridized carbons (Fsp3) is 0.367. The molecule has 1 aliphatic carbocycles. The molecule has 1 atom stereocenters. The molecular formula is C30H36O5. The van der Waals surface area contributed by atoms with Gasteiger partial charge in [-0.2, -0.15) is 0 Å². The highest BCUT2D eigenvalue weighted by Gasteiger charge is 2.52. The number of aliphatic hydroxyl groups is 1. The number of benzene rings is 1. The maximum absolute atomic E-state index is 14.3. The normalized spacial score (nSPS) is 19.2. The van der Waals surface area contributed by atoms with Crippen molar-refractivity contribution in [1.29, 1.82) is 0 Å². The number of carbonyl (C=O) groups excluding carboxylic acids is 3. The lowest BCUT2D eigenvalue weighted by Gasteiger charge is -2.39. The second-order valence-corrected chi connectivity index (χ2v) is 9.63. The van der Waals surface area contributed by atoms with Crippen molar-refractivity contribution in [2.75, 3.05) is 7.11 Å². The number of rotatable bonds is 9. The molecular weight excluding hydrogens is 440 g/mol. The number of Topliss-reactive ketones (excluding diaryl/α,β-unsaturated/α-hetero) is 2. The van der Waals surface area contributed by atoms with E-state index >= 15 is 0 Å². The predicted molar refractivity (Wildman–Crippen MR) is 140 cm³/mol. The van der Waals surface area contributed by atoms with Crippen LogP contribution in [0.25, 0.3) is 5.76 Å². The van der Waals surface area contributed by atoms with Gasteiger partial charge in [0.05, 0.1) is 12.5 Å². The first-order chi connectivity index (χ1) is 16.5. The number of aliphatic hydroxyl groups excluding tert-OH is 1. The van der Waals surface area contributed by atoms with Crippen molar-refractivity contribution in [2.24, 2.45) is 5.41 Å². The Morgan fingerprint density at radius 1 is 0.971 bits per heavy atom. The molecule has 186 valence electrons. The van der Waals surface area contributed by atoms with Crippen molar-refractivity contribution in [3.63, 3.8) is 0 Å². The summed E-state index contributed by atoms with van der Waals surface area (Å²) in [5.41, 5.74) is 2.30. The Morgan fingerprint density at radius 3 is 2.06 bits per heavy atom. The number of aldehydes is 1. The van der Waals surface area contributed by atoms with Crippen LogP contribution in [0.15, 0.2) is 81.7 Å². The smallest absolute Gasteiger partial charge is 0.200 e. The molecule has 1 unspecified atom stereocenters. The monoisotopic (exact) mass is 476 g/mol. The number of allylic oxidation sites excluding steroid dienone is 9. The molecule has 1 N–H and O–H groups in total. The second kappa shape index (κ2) is 11.8. The summed E-state index contributed by atoms with van der Waals surface area (Å²) in [5, 5.41) is 11.2. The van der Waals surface area contributed by atoms with E-state index in [4.69, 9.17) is 4.74 Å². The number of ketones is 2. The zero-order chi connectivity index (χ0) is 26.3. The number of hydrogen-bond donors (Lipinski definition) is 1. The van der Waals surface area contributed by atoms with Gasteiger partial charge in [-0.3, -0.25) is 14.4 Å². The molecule has 2 rings (SSSR count). The third-order valence-electron chi connectivity index (χ3n) is 6.21. The summed E-state index contributed by atoms with van der Waals surface area (Å²) in [6.07, 6.45) is 5.08. The minimum atomic E-state index is -1.35. The number of methoxy groups -OCH3 is 1. The summed E-state index contributed by atoms with van der Waals surface area (Å²) < 4.78 is 5.82. The molecule has 1 aromatic rings. The highest BCUT2D eigenvalue weighted by atomic mass is 16.5. The van der Waals surface area contributed by atoms with E-state index in [1.807, 2.05) is 53.7 Å². The van der Waals surface area contributed by atoms with Crippen LogP contribution in [0.4, 0.5) is 0 Å². The average molecular weight is 477 g/mol. The lowest BCUT2D eigenvalue weighted by atomic mass is 9.64. The van der Waals surface area contributed by atoms with Crippen molar-refractivity contribution < 1.29 is 24.2 Å². The standard InChI is InChI=1S/C30H36O5/c1-19(2)13-14-24-27(33)25(26(32)22-11-9-8-10-12-22)28(34)30(29(24)35-7,16-15-20(3)4)17-23(18-31)21(5)6/h8-13,15,18,32H,14,16-17H2,1-7H3/b26-25-. The van der Waals surface area contributed by atoms with Gasteiger partial charge >= 0.3 is 0 Å². The molecule has 35 heavy (non-hydrogen) atoms. The molecule has 0 spiro atoms. The zero-order valence-corrected chi connectivity index (χ0v) is 21.8. The summed E-state index contributed by atoms with van der Waals surface area (Å²) in [4.78, 5) is 40.0. The first-order valence-corrected chi connectivity index (χ1v) is 11.7. The van der Waals surface area contributed by atoms with Crippen LogP contribution in [0.3, 0.4) is 0 Å². The van der Waals surface area contributed by atoms with Crippen molar-refractivity contribution in [2.45, 2.75) is 60.8 Å². The Labute approximate surface area is 208 Å². The van der Waals surface area contributed by atoms with Crippen LogP contribution in [-0.2, 0) is 19.1 Å². The predicted octanol–water partition coefficient (Wildman–Crippen LogP) is 6.63. The molecule has 0 radical (unpaired) electrons. The molecule has 1 aliphatic rings. The van der Waals surface area contributed by atoms with E-state index in [-0.39, 0.29) is 36.4 Å². The topological polar surface area (TPSA) is 80.7 Å². The Hall–Kier alpha value is -3.47. The molecule has 0 saturated heterocycles. The van der Waals surface area contributed by atoms with Crippen LogP contribution in [0, 0.1) is 5.41 Å². The van der Waals surface area contributed by atoms with Gasteiger partial charge < -0.3 is 9.84 Å². The summed E-state index contributed by atoms with van der Waals surface area (Å²) >= 11 is 0. The van der Waals surface area contributed by atoms with Crippen LogP contribution in [0.5, 0.6) is 0 Å². The van der Waals surface area contributed by atoms with E-state index < -0.39 is 17.0 Å². The van der Waals surface area contributed by atoms with Gasteiger partial charge in [-0.1, -0.05) is 59.2 Å².